The highest BCUT2D eigenvalue weighted by Crippen LogP contribution is 2.31. The number of fused-ring (bicyclic) bond motifs is 2. The molecule has 2 aliphatic rings. The second-order valence-corrected chi connectivity index (χ2v) is 17.9. The van der Waals surface area contributed by atoms with E-state index in [1.165, 1.54) is 44.2 Å². The number of carbonyl (C=O) groups is 2. The van der Waals surface area contributed by atoms with E-state index in [1.807, 2.05) is 68.3 Å². The number of aryl methyl sites for hydroxylation is 4. The van der Waals surface area contributed by atoms with Gasteiger partial charge in [-0.25, -0.2) is 28.9 Å². The molecule has 22 nitrogen and oxygen atoms in total. The number of carbonyl (C=O) groups excluding carboxylic acids is 2. The van der Waals surface area contributed by atoms with Gasteiger partial charge in [-0.15, -0.1) is 10.2 Å². The summed E-state index contributed by atoms with van der Waals surface area (Å²) in [5, 5.41) is 51.2. The summed E-state index contributed by atoms with van der Waals surface area (Å²) >= 11 is 4.92. The molecule has 3 aromatic carbocycles. The molecule has 0 atom stereocenters. The summed E-state index contributed by atoms with van der Waals surface area (Å²) in [6.45, 7) is 9.27. The highest BCUT2D eigenvalue weighted by Gasteiger charge is 2.22. The number of non-ortho nitro benzene ring substituents is 1. The Morgan fingerprint density at radius 3 is 1.65 bits per heavy atom. The zero-order chi connectivity index (χ0) is 54.0. The Hall–Kier alpha value is -8.31. The first-order valence-electron chi connectivity index (χ1n) is 24.3. The summed E-state index contributed by atoms with van der Waals surface area (Å²) in [5.74, 6) is 3.25. The molecule has 0 spiro atoms. The molecule has 2 aliphatic heterocycles. The quantitative estimate of drug-likeness (QED) is 0.0595. The Balaban J connectivity index is 0.000000194. The molecule has 0 unspecified atom stereocenters. The van der Waals surface area contributed by atoms with Crippen molar-refractivity contribution in [2.75, 3.05) is 53.5 Å². The standard InChI is InChI=1S/C23H27N7O2.C21H24N6O.C7H4ClNO4.CH5N/c1-15-12-17(18-13-20-22(19(14-24)26-18)27-28-29(20)3)4-5-21(15)32-11-8-16-6-9-30(10-7-16)23(31)25-2;1-14-11-16(3-4-20(14)28-10-7-15-5-8-23-9-6-15)17-12-19-21(18(13-22)24-17)25-26-27(19)2;8-7(10)13-6-3-1-5(2-4-6)9(11)12;1-2/h4-5,12-13,16H,6-11H2,1-3H3,(H,25,31);3-4,11-12,15,23H,5-10H2,1-2H3;1-4H;2H2,1H3. The largest absolute Gasteiger partial charge is 0.493 e. The summed E-state index contributed by atoms with van der Waals surface area (Å²) in [6, 6.07) is 25.1. The number of piperidine rings is 2. The number of amides is 2. The van der Waals surface area contributed by atoms with Gasteiger partial charge in [-0.1, -0.05) is 10.4 Å². The van der Waals surface area contributed by atoms with Crippen LogP contribution in [0.15, 0.2) is 72.8 Å². The van der Waals surface area contributed by atoms with Gasteiger partial charge in [0.05, 0.1) is 40.6 Å². The molecule has 7 aromatic rings. The maximum Gasteiger partial charge on any atom is 0.409 e. The van der Waals surface area contributed by atoms with Gasteiger partial charge in [0.25, 0.3) is 5.69 Å². The number of nitro benzene ring substituents is 1. The van der Waals surface area contributed by atoms with E-state index in [0.29, 0.717) is 34.9 Å². The van der Waals surface area contributed by atoms with Crippen molar-refractivity contribution in [3.8, 4) is 51.9 Å². The number of nitrogens with zero attached hydrogens (tertiary/aromatic N) is 12. The molecular weight excluding hydrogens is 982 g/mol. The first-order valence-corrected chi connectivity index (χ1v) is 24.7. The summed E-state index contributed by atoms with van der Waals surface area (Å²) in [6.07, 6.45) is 6.55. The second-order valence-electron chi connectivity index (χ2n) is 17.6. The molecule has 0 saturated carbocycles. The molecule has 9 rings (SSSR count). The summed E-state index contributed by atoms with van der Waals surface area (Å²) in [4.78, 5) is 42.4. The lowest BCUT2D eigenvalue weighted by Crippen LogP contribution is -2.43. The van der Waals surface area contributed by atoms with Crippen LogP contribution in [0.4, 0.5) is 15.3 Å². The van der Waals surface area contributed by atoms with E-state index in [9.17, 15) is 30.2 Å². The van der Waals surface area contributed by atoms with Crippen molar-refractivity contribution in [3.05, 3.63) is 105 Å². The molecule has 6 heterocycles. The molecule has 4 N–H and O–H groups in total. The SMILES string of the molecule is CN.CNC(=O)N1CCC(CCOc2ccc(-c3cc4c(nnn4C)c(C#N)n3)cc2C)CC1.Cc1cc(-c2cc3c(nnn3C)c(C#N)n2)ccc1OCCC1CCNCC1.O=C(Cl)Oc1ccc([N+](=O)[O-])cc1. The molecule has 0 radical (unpaired) electrons. The van der Waals surface area contributed by atoms with Gasteiger partial charge in [-0.2, -0.15) is 10.5 Å². The third-order valence-electron chi connectivity index (χ3n) is 12.7. The van der Waals surface area contributed by atoms with Crippen LogP contribution in [0, 0.1) is 58.5 Å². The van der Waals surface area contributed by atoms with Gasteiger partial charge in [0, 0.05) is 69.1 Å². The number of likely N-dealkylation sites (tertiary alicyclic amines) is 1. The van der Waals surface area contributed by atoms with Crippen LogP contribution in [0.25, 0.3) is 44.6 Å². The van der Waals surface area contributed by atoms with E-state index in [0.717, 1.165) is 115 Å². The number of hydrogen-bond acceptors (Lipinski definition) is 17. The smallest absolute Gasteiger partial charge is 0.409 e. The van der Waals surface area contributed by atoms with Crippen LogP contribution < -0.4 is 30.6 Å². The van der Waals surface area contributed by atoms with Gasteiger partial charge in [-0.05, 0) is 156 Å². The van der Waals surface area contributed by atoms with Crippen molar-refractivity contribution in [2.45, 2.75) is 52.4 Å². The number of nitrogens with two attached hydrogens (primary N) is 1. The van der Waals surface area contributed by atoms with Crippen molar-refractivity contribution in [2.24, 2.45) is 31.7 Å². The predicted octanol–water partition coefficient (Wildman–Crippen LogP) is 7.92. The Morgan fingerprint density at radius 2 is 1.24 bits per heavy atom. The second kappa shape index (κ2) is 27.1. The zero-order valence-electron chi connectivity index (χ0n) is 42.7. The van der Waals surface area contributed by atoms with Gasteiger partial charge in [0.15, 0.2) is 11.4 Å². The fraction of sp³-hybridized carbons (Fsp3) is 0.385. The lowest BCUT2D eigenvalue weighted by molar-refractivity contribution is -0.384. The van der Waals surface area contributed by atoms with Crippen LogP contribution in [-0.4, -0.2) is 115 Å². The lowest BCUT2D eigenvalue weighted by atomic mass is 9.94. The number of nitro groups is 1. The number of rotatable bonds is 12. The average molecular weight is 1040 g/mol. The van der Waals surface area contributed by atoms with E-state index in [-0.39, 0.29) is 23.2 Å². The molecule has 2 amide bonds. The molecule has 75 heavy (non-hydrogen) atoms. The average Bonchev–Trinajstić information content (AvgIpc) is 4.01. The molecule has 392 valence electrons. The number of nitriles is 2. The van der Waals surface area contributed by atoms with E-state index < -0.39 is 10.4 Å². The first-order chi connectivity index (χ1) is 36.2. The maximum atomic E-state index is 11.7. The summed E-state index contributed by atoms with van der Waals surface area (Å²) in [5.41, 5.74) is 12.0. The van der Waals surface area contributed by atoms with Gasteiger partial charge >= 0.3 is 11.5 Å². The molecule has 0 bridgehead atoms. The number of halogens is 1. The highest BCUT2D eigenvalue weighted by molar-refractivity contribution is 6.61. The summed E-state index contributed by atoms with van der Waals surface area (Å²) < 4.78 is 19.8. The number of ether oxygens (including phenoxy) is 3. The maximum absolute atomic E-state index is 11.7. The Bertz CT molecular complexity index is 3170. The molecule has 0 aliphatic carbocycles. The van der Waals surface area contributed by atoms with Crippen LogP contribution in [0.1, 0.15) is 61.0 Å². The minimum absolute atomic E-state index is 0.00519. The van der Waals surface area contributed by atoms with Crippen molar-refractivity contribution >= 4 is 50.8 Å². The topological polar surface area (TPSA) is 293 Å². The minimum atomic E-state index is -0.978. The van der Waals surface area contributed by atoms with Crippen molar-refractivity contribution in [3.63, 3.8) is 0 Å². The predicted molar refractivity (Wildman–Crippen MR) is 282 cm³/mol. The Kier molecular flexibility index (Phi) is 20.2. The Labute approximate surface area is 438 Å². The number of benzene rings is 3. The minimum Gasteiger partial charge on any atom is -0.493 e. The van der Waals surface area contributed by atoms with Gasteiger partial charge in [0.2, 0.25) is 0 Å². The van der Waals surface area contributed by atoms with Crippen molar-refractivity contribution in [1.29, 1.82) is 10.5 Å². The third-order valence-corrected chi connectivity index (χ3v) is 12.8. The molecular formula is C52H60ClN15O7. The van der Waals surface area contributed by atoms with Gasteiger partial charge in [0.1, 0.15) is 40.4 Å². The lowest BCUT2D eigenvalue weighted by Gasteiger charge is -2.31. The van der Waals surface area contributed by atoms with Crippen LogP contribution >= 0.6 is 11.6 Å². The number of aromatic nitrogens is 8. The van der Waals surface area contributed by atoms with Crippen molar-refractivity contribution < 1.29 is 28.7 Å². The molecule has 4 aromatic heterocycles. The molecule has 2 fully saturated rings. The van der Waals surface area contributed by atoms with E-state index in [4.69, 9.17) is 21.1 Å². The van der Waals surface area contributed by atoms with E-state index in [2.05, 4.69) is 69.9 Å². The van der Waals surface area contributed by atoms with Crippen LogP contribution in [-0.2, 0) is 14.1 Å². The first kappa shape index (κ1) is 56.0. The van der Waals surface area contributed by atoms with E-state index >= 15 is 0 Å². The van der Waals surface area contributed by atoms with Gasteiger partial charge < -0.3 is 35.5 Å². The number of urea groups is 1. The Morgan fingerprint density at radius 1 is 0.773 bits per heavy atom. The number of pyridine rings is 2. The highest BCUT2D eigenvalue weighted by atomic mass is 35.5. The fourth-order valence-electron chi connectivity index (χ4n) is 8.61. The number of hydrogen-bond donors (Lipinski definition) is 3. The number of nitrogens with one attached hydrogen (secondary N) is 2. The third kappa shape index (κ3) is 14.9. The van der Waals surface area contributed by atoms with Crippen molar-refractivity contribution in [1.82, 2.24) is 55.5 Å². The zero-order valence-corrected chi connectivity index (χ0v) is 43.5. The van der Waals surface area contributed by atoms with E-state index in [1.54, 1.807) is 23.5 Å². The normalized spacial score (nSPS) is 13.4. The van der Waals surface area contributed by atoms with Crippen LogP contribution in [0.5, 0.6) is 17.2 Å². The molecule has 2 saturated heterocycles. The van der Waals surface area contributed by atoms with Gasteiger partial charge in [-0.3, -0.25) is 10.1 Å². The van der Waals surface area contributed by atoms with Crippen LogP contribution in [0.3, 0.4) is 0 Å². The fourth-order valence-corrected chi connectivity index (χ4v) is 8.70. The summed E-state index contributed by atoms with van der Waals surface area (Å²) in [7, 11) is 6.78. The monoisotopic (exact) mass is 1040 g/mol. The molecule has 23 heteroatoms. The van der Waals surface area contributed by atoms with Crippen LogP contribution in [0.2, 0.25) is 0 Å².